The summed E-state index contributed by atoms with van der Waals surface area (Å²) in [6, 6.07) is 0. The third kappa shape index (κ3) is 1.24. The smallest absolute Gasteiger partial charge is 0.0237 e. The van der Waals surface area contributed by atoms with Gasteiger partial charge in [-0.15, -0.1) is 0 Å². The first-order chi connectivity index (χ1) is 7.93. The summed E-state index contributed by atoms with van der Waals surface area (Å²) in [6.07, 6.45) is 11.9. The molecule has 0 aromatic carbocycles. The van der Waals surface area contributed by atoms with Crippen molar-refractivity contribution in [1.82, 2.24) is 0 Å². The molecule has 0 amide bonds. The van der Waals surface area contributed by atoms with Gasteiger partial charge in [0.2, 0.25) is 0 Å². The second-order valence-corrected chi connectivity index (χ2v) is 6.62. The van der Waals surface area contributed by atoms with Crippen molar-refractivity contribution in [3.05, 3.63) is 0 Å². The van der Waals surface area contributed by atoms with Crippen LogP contribution in [0.15, 0.2) is 0 Å². The zero-order valence-corrected chi connectivity index (χ0v) is 10.1. The first-order valence-electron chi connectivity index (χ1n) is 7.44. The fourth-order valence-corrected chi connectivity index (χ4v) is 5.44. The van der Waals surface area contributed by atoms with E-state index >= 15 is 0 Å². The van der Waals surface area contributed by atoms with Crippen LogP contribution in [-0.2, 0) is 0 Å². The molecule has 3 fully saturated rings. The van der Waals surface area contributed by atoms with Crippen molar-refractivity contribution in [1.29, 1.82) is 0 Å². The predicted octanol–water partition coefficient (Wildman–Crippen LogP) is 3.86. The van der Waals surface area contributed by atoms with Crippen LogP contribution in [0.3, 0.4) is 0 Å². The molecule has 6 atom stereocenters. The van der Waals surface area contributed by atoms with Gasteiger partial charge in [0.1, 0.15) is 0 Å². The van der Waals surface area contributed by atoms with Crippen molar-refractivity contribution in [2.45, 2.75) is 51.4 Å². The fourth-order valence-electron chi connectivity index (χ4n) is 5.44. The standard InChI is InChI=1S/C16H22/c1-3-11-7-9-13-5-2-6-14-10-8-12(4-1)15(11)16(13)14/h11-16H,1-7,9H2. The van der Waals surface area contributed by atoms with Gasteiger partial charge in [-0.2, -0.15) is 0 Å². The third-order valence-corrected chi connectivity index (χ3v) is 6.00. The van der Waals surface area contributed by atoms with Gasteiger partial charge < -0.3 is 0 Å². The fraction of sp³-hybridized carbons (Fsp3) is 0.875. The van der Waals surface area contributed by atoms with Crippen molar-refractivity contribution < 1.29 is 0 Å². The molecule has 0 aromatic heterocycles. The molecule has 0 nitrogen and oxygen atoms in total. The van der Waals surface area contributed by atoms with Crippen molar-refractivity contribution in [2.75, 3.05) is 0 Å². The molecular weight excluding hydrogens is 192 g/mol. The molecule has 0 aliphatic heterocycles. The highest BCUT2D eigenvalue weighted by atomic mass is 14.5. The second-order valence-electron chi connectivity index (χ2n) is 6.62. The molecule has 0 N–H and O–H groups in total. The lowest BCUT2D eigenvalue weighted by Gasteiger charge is -2.53. The number of hydrogen-bond acceptors (Lipinski definition) is 0. The highest BCUT2D eigenvalue weighted by Gasteiger charge is 2.49. The van der Waals surface area contributed by atoms with Gasteiger partial charge in [-0.1, -0.05) is 37.5 Å². The van der Waals surface area contributed by atoms with E-state index in [0.717, 1.165) is 35.5 Å². The summed E-state index contributed by atoms with van der Waals surface area (Å²) in [7, 11) is 0. The molecule has 16 heavy (non-hydrogen) atoms. The van der Waals surface area contributed by atoms with Crippen LogP contribution in [0.2, 0.25) is 0 Å². The molecular formula is C16H22. The van der Waals surface area contributed by atoms with E-state index in [1.165, 1.54) is 51.4 Å². The van der Waals surface area contributed by atoms with E-state index in [0.29, 0.717) is 0 Å². The first-order valence-corrected chi connectivity index (χ1v) is 7.44. The average molecular weight is 214 g/mol. The first kappa shape index (κ1) is 9.58. The van der Waals surface area contributed by atoms with E-state index in [1.54, 1.807) is 0 Å². The van der Waals surface area contributed by atoms with Crippen molar-refractivity contribution in [3.63, 3.8) is 0 Å². The van der Waals surface area contributed by atoms with Crippen LogP contribution in [0.25, 0.3) is 0 Å². The monoisotopic (exact) mass is 214 g/mol. The van der Waals surface area contributed by atoms with Gasteiger partial charge in [-0.25, -0.2) is 0 Å². The summed E-state index contributed by atoms with van der Waals surface area (Å²) >= 11 is 0. The Bertz CT molecular complexity index is 313. The zero-order chi connectivity index (χ0) is 10.5. The van der Waals surface area contributed by atoms with Crippen LogP contribution in [0.4, 0.5) is 0 Å². The highest BCUT2D eigenvalue weighted by Crippen LogP contribution is 2.56. The van der Waals surface area contributed by atoms with Crippen molar-refractivity contribution in [3.8, 4) is 11.8 Å². The van der Waals surface area contributed by atoms with Crippen LogP contribution in [0, 0.1) is 47.3 Å². The lowest BCUT2D eigenvalue weighted by Crippen LogP contribution is -2.47. The molecule has 4 aliphatic carbocycles. The summed E-state index contributed by atoms with van der Waals surface area (Å²) < 4.78 is 0. The highest BCUT2D eigenvalue weighted by molar-refractivity contribution is 5.20. The maximum absolute atomic E-state index is 3.66. The van der Waals surface area contributed by atoms with E-state index in [1.807, 2.05) is 0 Å². The molecule has 0 aromatic rings. The SMILES string of the molecule is C1#CC2CCCC3CCC4CCCC1C4C23. The van der Waals surface area contributed by atoms with Gasteiger partial charge in [-0.05, 0) is 49.4 Å². The minimum absolute atomic E-state index is 0.806. The number of hydrogen-bond donors (Lipinski definition) is 0. The Morgan fingerprint density at radius 2 is 1.06 bits per heavy atom. The van der Waals surface area contributed by atoms with E-state index < -0.39 is 0 Å². The Labute approximate surface area is 99.2 Å². The summed E-state index contributed by atoms with van der Waals surface area (Å²) in [6.45, 7) is 0. The van der Waals surface area contributed by atoms with Gasteiger partial charge in [0, 0.05) is 11.8 Å². The van der Waals surface area contributed by atoms with Crippen molar-refractivity contribution >= 4 is 0 Å². The quantitative estimate of drug-likeness (QED) is 0.537. The Hall–Kier alpha value is -0.440. The zero-order valence-electron chi connectivity index (χ0n) is 10.1. The van der Waals surface area contributed by atoms with Crippen molar-refractivity contribution in [2.24, 2.45) is 35.5 Å². The van der Waals surface area contributed by atoms with Gasteiger partial charge in [-0.3, -0.25) is 0 Å². The molecule has 3 saturated carbocycles. The third-order valence-electron chi connectivity index (χ3n) is 6.00. The van der Waals surface area contributed by atoms with Crippen LogP contribution < -0.4 is 0 Å². The summed E-state index contributed by atoms with van der Waals surface area (Å²) in [5, 5.41) is 0. The molecule has 4 rings (SSSR count). The van der Waals surface area contributed by atoms with E-state index in [9.17, 15) is 0 Å². The summed E-state index contributed by atoms with van der Waals surface area (Å²) in [5.74, 6) is 13.1. The molecule has 6 unspecified atom stereocenters. The lowest BCUT2D eigenvalue weighted by molar-refractivity contribution is -0.0185. The van der Waals surface area contributed by atoms with Crippen LogP contribution in [0.1, 0.15) is 51.4 Å². The van der Waals surface area contributed by atoms with Crippen LogP contribution >= 0.6 is 0 Å². The lowest BCUT2D eigenvalue weighted by atomic mass is 9.51. The van der Waals surface area contributed by atoms with Gasteiger partial charge in [0.05, 0.1) is 0 Å². The number of rotatable bonds is 0. The van der Waals surface area contributed by atoms with E-state index in [4.69, 9.17) is 0 Å². The molecule has 0 heterocycles. The largest absolute Gasteiger partial charge is 0.0993 e. The van der Waals surface area contributed by atoms with Gasteiger partial charge in [0.15, 0.2) is 0 Å². The molecule has 0 heteroatoms. The topological polar surface area (TPSA) is 0 Å². The molecule has 0 saturated heterocycles. The normalized spacial score (nSPS) is 53.5. The summed E-state index contributed by atoms with van der Waals surface area (Å²) in [4.78, 5) is 0. The minimum Gasteiger partial charge on any atom is -0.0993 e. The van der Waals surface area contributed by atoms with E-state index in [-0.39, 0.29) is 0 Å². The molecule has 0 bridgehead atoms. The Balaban J connectivity index is 1.74. The second kappa shape index (κ2) is 3.52. The summed E-state index contributed by atoms with van der Waals surface area (Å²) in [5.41, 5.74) is 0. The molecule has 0 spiro atoms. The molecule has 86 valence electrons. The average Bonchev–Trinajstić information content (AvgIpc) is 2.36. The minimum atomic E-state index is 0.806. The molecule has 4 aliphatic rings. The Morgan fingerprint density at radius 3 is 1.56 bits per heavy atom. The molecule has 0 radical (unpaired) electrons. The van der Waals surface area contributed by atoms with Gasteiger partial charge >= 0.3 is 0 Å². The maximum Gasteiger partial charge on any atom is 0.0237 e. The maximum atomic E-state index is 3.66. The van der Waals surface area contributed by atoms with Crippen LogP contribution in [-0.4, -0.2) is 0 Å². The Kier molecular flexibility index (Phi) is 2.11. The Morgan fingerprint density at radius 1 is 0.562 bits per heavy atom. The predicted molar refractivity (Wildman–Crippen MR) is 65.7 cm³/mol. The van der Waals surface area contributed by atoms with E-state index in [2.05, 4.69) is 11.8 Å². The van der Waals surface area contributed by atoms with Gasteiger partial charge in [0.25, 0.3) is 0 Å². The van der Waals surface area contributed by atoms with Crippen LogP contribution in [0.5, 0.6) is 0 Å².